The third-order valence-corrected chi connectivity index (χ3v) is 11.0. The molecule has 2 heteroatoms. The van der Waals surface area contributed by atoms with Crippen molar-refractivity contribution < 1.29 is 9.84 Å². The van der Waals surface area contributed by atoms with E-state index in [1.54, 1.807) is 5.57 Å². The number of hydrogen-bond acceptors (Lipinski definition) is 2. The van der Waals surface area contributed by atoms with Gasteiger partial charge in [-0.1, -0.05) is 59.8 Å². The average Bonchev–Trinajstić information content (AvgIpc) is 3.32. The van der Waals surface area contributed by atoms with E-state index in [0.717, 1.165) is 25.2 Å². The summed E-state index contributed by atoms with van der Waals surface area (Å²) < 4.78 is 6.90. The van der Waals surface area contributed by atoms with Crippen LogP contribution in [-0.2, 0) is 4.74 Å². The number of aliphatic hydroxyl groups excluding tert-OH is 1. The zero-order valence-electron chi connectivity index (χ0n) is 20.2. The Morgan fingerprint density at radius 1 is 1.03 bits per heavy atom. The third-order valence-electron chi connectivity index (χ3n) is 11.0. The summed E-state index contributed by atoms with van der Waals surface area (Å²) in [5.41, 5.74) is 2.31. The van der Waals surface area contributed by atoms with Crippen LogP contribution >= 0.6 is 0 Å². The van der Waals surface area contributed by atoms with E-state index in [1.807, 2.05) is 0 Å². The molecule has 10 atom stereocenters. The minimum Gasteiger partial charge on any atom is -0.393 e. The SMILES string of the molecule is CC(C)[C@@H](C)/C=C/[C@@H](C)[C@H]1CC[C@H]2C3=CC4O[C@@]3(CC[C@]12C)[C@@]1(C)CCC(O)CC41. The van der Waals surface area contributed by atoms with Crippen LogP contribution in [0.1, 0.15) is 86.5 Å². The highest BCUT2D eigenvalue weighted by molar-refractivity contribution is 5.42. The minimum atomic E-state index is -0.121. The van der Waals surface area contributed by atoms with Crippen molar-refractivity contribution in [2.24, 2.45) is 46.3 Å². The quantitative estimate of drug-likeness (QED) is 0.531. The highest BCUT2D eigenvalue weighted by atomic mass is 16.5. The number of hydrogen-bond donors (Lipinski definition) is 1. The van der Waals surface area contributed by atoms with Crippen molar-refractivity contribution in [2.75, 3.05) is 0 Å². The highest BCUT2D eigenvalue weighted by Crippen LogP contribution is 2.73. The van der Waals surface area contributed by atoms with E-state index in [0.29, 0.717) is 35.0 Å². The van der Waals surface area contributed by atoms with Crippen LogP contribution in [0.5, 0.6) is 0 Å². The molecule has 4 fully saturated rings. The fourth-order valence-electron chi connectivity index (χ4n) is 8.67. The van der Waals surface area contributed by atoms with Gasteiger partial charge in [-0.25, -0.2) is 0 Å². The van der Waals surface area contributed by atoms with Crippen molar-refractivity contribution >= 4 is 0 Å². The summed E-state index contributed by atoms with van der Waals surface area (Å²) in [6.45, 7) is 14.6. The molecule has 2 heterocycles. The molecule has 2 nitrogen and oxygen atoms in total. The minimum absolute atomic E-state index is 0.0211. The third kappa shape index (κ3) is 2.68. The van der Waals surface area contributed by atoms with Gasteiger partial charge < -0.3 is 9.84 Å². The van der Waals surface area contributed by atoms with Crippen LogP contribution in [0.3, 0.4) is 0 Å². The van der Waals surface area contributed by atoms with Crippen molar-refractivity contribution in [3.05, 3.63) is 23.8 Å². The Labute approximate surface area is 184 Å². The van der Waals surface area contributed by atoms with Crippen molar-refractivity contribution in [3.8, 4) is 0 Å². The van der Waals surface area contributed by atoms with Gasteiger partial charge in [0, 0.05) is 5.41 Å². The molecule has 3 saturated carbocycles. The van der Waals surface area contributed by atoms with Gasteiger partial charge in [0.1, 0.15) is 0 Å². The second-order valence-corrected chi connectivity index (χ2v) is 12.6. The second-order valence-electron chi connectivity index (χ2n) is 12.6. The van der Waals surface area contributed by atoms with Crippen LogP contribution in [-0.4, -0.2) is 22.9 Å². The number of aliphatic hydroxyl groups is 1. The van der Waals surface area contributed by atoms with Gasteiger partial charge in [-0.15, -0.1) is 0 Å². The lowest BCUT2D eigenvalue weighted by Gasteiger charge is -2.57. The molecule has 3 unspecified atom stereocenters. The molecule has 0 radical (unpaired) electrons. The van der Waals surface area contributed by atoms with Gasteiger partial charge in [-0.3, -0.25) is 0 Å². The monoisotopic (exact) mass is 412 g/mol. The van der Waals surface area contributed by atoms with Gasteiger partial charge in [0.2, 0.25) is 0 Å². The predicted molar refractivity (Wildman–Crippen MR) is 123 cm³/mol. The van der Waals surface area contributed by atoms with Crippen molar-refractivity contribution in [3.63, 3.8) is 0 Å². The topological polar surface area (TPSA) is 29.5 Å². The number of allylic oxidation sites excluding steroid dienone is 2. The maximum absolute atomic E-state index is 10.3. The van der Waals surface area contributed by atoms with Crippen LogP contribution in [0.25, 0.3) is 0 Å². The first-order valence-corrected chi connectivity index (χ1v) is 12.9. The molecule has 0 amide bonds. The lowest BCUT2D eigenvalue weighted by molar-refractivity contribution is -0.0905. The van der Waals surface area contributed by atoms with E-state index in [-0.39, 0.29) is 23.2 Å². The maximum Gasteiger partial charge on any atom is 0.0960 e. The summed E-state index contributed by atoms with van der Waals surface area (Å²) in [5.74, 6) is 4.03. The first kappa shape index (κ1) is 21.3. The molecule has 0 aromatic carbocycles. The molecule has 5 aliphatic rings. The zero-order chi connectivity index (χ0) is 21.5. The molecular weight excluding hydrogens is 368 g/mol. The Morgan fingerprint density at radius 2 is 1.80 bits per heavy atom. The van der Waals surface area contributed by atoms with Gasteiger partial charge in [0.25, 0.3) is 0 Å². The molecule has 1 N–H and O–H groups in total. The molecule has 1 saturated heterocycles. The van der Waals surface area contributed by atoms with Crippen LogP contribution in [0, 0.1) is 46.3 Å². The molecule has 0 aromatic rings. The maximum atomic E-state index is 10.3. The Balaban J connectivity index is 1.41. The normalized spacial score (nSPS) is 51.6. The zero-order valence-corrected chi connectivity index (χ0v) is 20.2. The van der Waals surface area contributed by atoms with E-state index in [4.69, 9.17) is 4.74 Å². The lowest BCUT2D eigenvalue weighted by Crippen LogP contribution is -2.57. The molecule has 30 heavy (non-hydrogen) atoms. The standard InChI is InChI=1S/C28H44O2/c1-17(2)18(3)7-8-19(4)21-9-10-22-23-16-25-24-15-20(29)11-12-27(24,6)28(23,30-25)14-13-26(21,22)5/h7-8,16-22,24-25,29H,9-15H2,1-6H3/b8-7+/t18-,19+,20?,21+,22-,24?,25?,26+,27-,28+/m0/s1. The largest absolute Gasteiger partial charge is 0.393 e. The smallest absolute Gasteiger partial charge is 0.0960 e. The first-order chi connectivity index (χ1) is 14.1. The first-order valence-electron chi connectivity index (χ1n) is 12.9. The molecule has 2 bridgehead atoms. The molecule has 5 rings (SSSR count). The van der Waals surface area contributed by atoms with Gasteiger partial charge in [-0.2, -0.15) is 0 Å². The fraction of sp³-hybridized carbons (Fsp3) is 0.857. The summed E-state index contributed by atoms with van der Waals surface area (Å²) in [6.07, 6.45) is 15.9. The Bertz CT molecular complexity index is 752. The summed E-state index contributed by atoms with van der Waals surface area (Å²) in [4.78, 5) is 0. The van der Waals surface area contributed by atoms with Crippen molar-refractivity contribution in [2.45, 2.75) is 104 Å². The molecule has 1 spiro atoms. The second kappa shape index (κ2) is 6.95. The van der Waals surface area contributed by atoms with E-state index in [1.165, 1.54) is 25.7 Å². The Hall–Kier alpha value is -0.600. The summed E-state index contributed by atoms with van der Waals surface area (Å²) in [7, 11) is 0. The fourth-order valence-corrected chi connectivity index (χ4v) is 8.67. The predicted octanol–water partition coefficient (Wildman–Crippen LogP) is 6.54. The van der Waals surface area contributed by atoms with E-state index in [2.05, 4.69) is 59.8 Å². The number of rotatable bonds is 4. The average molecular weight is 413 g/mol. The van der Waals surface area contributed by atoms with Gasteiger partial charge in [0.15, 0.2) is 0 Å². The summed E-state index contributed by atoms with van der Waals surface area (Å²) >= 11 is 0. The van der Waals surface area contributed by atoms with Crippen molar-refractivity contribution in [1.29, 1.82) is 0 Å². The van der Waals surface area contributed by atoms with Gasteiger partial charge in [-0.05, 0) is 91.4 Å². The molecule has 0 aromatic heterocycles. The van der Waals surface area contributed by atoms with Gasteiger partial charge in [0.05, 0.1) is 17.8 Å². The molecular formula is C28H44O2. The van der Waals surface area contributed by atoms with Crippen LogP contribution in [0.4, 0.5) is 0 Å². The molecule has 2 aliphatic heterocycles. The van der Waals surface area contributed by atoms with Crippen LogP contribution in [0.2, 0.25) is 0 Å². The number of ether oxygens (including phenoxy) is 1. The Kier molecular flexibility index (Phi) is 4.92. The van der Waals surface area contributed by atoms with Crippen LogP contribution in [0.15, 0.2) is 23.8 Å². The Morgan fingerprint density at radius 3 is 2.53 bits per heavy atom. The van der Waals surface area contributed by atoms with Crippen molar-refractivity contribution in [1.82, 2.24) is 0 Å². The molecule has 3 aliphatic carbocycles. The molecule has 168 valence electrons. The van der Waals surface area contributed by atoms with E-state index >= 15 is 0 Å². The van der Waals surface area contributed by atoms with E-state index < -0.39 is 0 Å². The van der Waals surface area contributed by atoms with Crippen LogP contribution < -0.4 is 0 Å². The van der Waals surface area contributed by atoms with Gasteiger partial charge >= 0.3 is 0 Å². The number of fused-ring (bicyclic) bond motifs is 5. The summed E-state index contributed by atoms with van der Waals surface area (Å²) in [6, 6.07) is 0. The highest BCUT2D eigenvalue weighted by Gasteiger charge is 2.72. The lowest BCUT2D eigenvalue weighted by atomic mass is 9.47. The summed E-state index contributed by atoms with van der Waals surface area (Å²) in [5, 5.41) is 10.3. The van der Waals surface area contributed by atoms with E-state index in [9.17, 15) is 5.11 Å².